The van der Waals surface area contributed by atoms with E-state index in [1.807, 2.05) is 0 Å². The number of benzene rings is 1. The average molecular weight is 519 g/mol. The molecule has 0 saturated heterocycles. The summed E-state index contributed by atoms with van der Waals surface area (Å²) < 4.78 is 88.8. The van der Waals surface area contributed by atoms with Gasteiger partial charge in [0.2, 0.25) is 11.7 Å². The summed E-state index contributed by atoms with van der Waals surface area (Å²) in [6.07, 6.45) is -5.16. The lowest BCUT2D eigenvalue weighted by Gasteiger charge is -2.30. The van der Waals surface area contributed by atoms with Gasteiger partial charge in [-0.25, -0.2) is 22.7 Å². The SMILES string of the molecule is Nc1nc(C(F)(F)F)n2c1CN(C(=O)C[C@H](N)Cc1cc(F)c(F)cc1F)CC2.O=P(O)(O)O. The largest absolute Gasteiger partial charge is 0.466 e. The summed E-state index contributed by atoms with van der Waals surface area (Å²) in [5, 5.41) is 0. The first-order chi connectivity index (χ1) is 15.5. The topological polar surface area (TPSA) is 168 Å². The lowest BCUT2D eigenvalue weighted by Crippen LogP contribution is -2.42. The number of aromatic nitrogens is 2. The van der Waals surface area contributed by atoms with E-state index in [0.29, 0.717) is 12.1 Å². The van der Waals surface area contributed by atoms with Crippen molar-refractivity contribution in [3.8, 4) is 0 Å². The van der Waals surface area contributed by atoms with Gasteiger partial charge in [-0.05, 0) is 18.1 Å². The molecule has 10 nitrogen and oxygen atoms in total. The Labute approximate surface area is 188 Å². The van der Waals surface area contributed by atoms with Crippen LogP contribution in [-0.2, 0) is 35.0 Å². The van der Waals surface area contributed by atoms with Crippen molar-refractivity contribution in [3.63, 3.8) is 0 Å². The number of halogens is 6. The number of anilines is 1. The number of hydrogen-bond acceptors (Lipinski definition) is 5. The standard InChI is InChI=1S/C17H17F6N5O.H3O4P/c18-10-6-12(20)11(19)4-8(10)3-9(24)5-14(29)27-1-2-28-13(7-27)15(25)26-16(28)17(21,22)23;1-5(2,3)4/h4,6,9H,1-3,5,7,24-25H2;(H3,1,2,3,4)/t9-;/m1./s1. The van der Waals surface area contributed by atoms with E-state index in [2.05, 4.69) is 4.98 Å². The molecule has 1 aromatic carbocycles. The van der Waals surface area contributed by atoms with E-state index in [-0.39, 0.29) is 49.6 Å². The van der Waals surface area contributed by atoms with Gasteiger partial charge in [0.25, 0.3) is 0 Å². The molecule has 0 radical (unpaired) electrons. The van der Waals surface area contributed by atoms with Crippen molar-refractivity contribution in [3.05, 3.63) is 46.7 Å². The summed E-state index contributed by atoms with van der Waals surface area (Å²) in [7, 11) is -4.64. The number of phosphoric acid groups is 1. The summed E-state index contributed by atoms with van der Waals surface area (Å²) in [6.45, 7) is -0.343. The summed E-state index contributed by atoms with van der Waals surface area (Å²) in [6, 6.07) is 0.164. The Balaban J connectivity index is 0.000000739. The Morgan fingerprint density at radius 2 is 1.68 bits per heavy atom. The number of nitrogen functional groups attached to an aromatic ring is 1. The molecule has 0 spiro atoms. The third-order valence-corrected chi connectivity index (χ3v) is 4.65. The smallest absolute Gasteiger partial charge is 0.382 e. The molecule has 3 rings (SSSR count). The highest BCUT2D eigenvalue weighted by atomic mass is 31.2. The van der Waals surface area contributed by atoms with Crippen LogP contribution in [0.15, 0.2) is 12.1 Å². The molecule has 1 atom stereocenters. The van der Waals surface area contributed by atoms with Gasteiger partial charge in [0.15, 0.2) is 11.6 Å². The second kappa shape index (κ2) is 10.3. The molecule has 1 aliphatic heterocycles. The highest BCUT2D eigenvalue weighted by Crippen LogP contribution is 2.33. The van der Waals surface area contributed by atoms with E-state index in [4.69, 9.17) is 30.7 Å². The van der Waals surface area contributed by atoms with Crippen LogP contribution in [0.25, 0.3) is 0 Å². The van der Waals surface area contributed by atoms with Crippen LogP contribution in [0, 0.1) is 17.5 Å². The van der Waals surface area contributed by atoms with Crippen LogP contribution in [0.3, 0.4) is 0 Å². The predicted octanol–water partition coefficient (Wildman–Crippen LogP) is 1.28. The Morgan fingerprint density at radius 3 is 2.24 bits per heavy atom. The number of hydrogen-bond donors (Lipinski definition) is 5. The molecule has 17 heteroatoms. The molecule has 1 aromatic heterocycles. The molecule has 34 heavy (non-hydrogen) atoms. The van der Waals surface area contributed by atoms with Crippen molar-refractivity contribution in [2.75, 3.05) is 12.3 Å². The van der Waals surface area contributed by atoms with Crippen molar-refractivity contribution in [2.24, 2.45) is 5.73 Å². The fourth-order valence-corrected chi connectivity index (χ4v) is 3.25. The van der Waals surface area contributed by atoms with Gasteiger partial charge in [-0.3, -0.25) is 4.79 Å². The van der Waals surface area contributed by atoms with Crippen molar-refractivity contribution in [1.82, 2.24) is 14.5 Å². The molecule has 1 aliphatic rings. The number of nitrogens with zero attached hydrogens (tertiary/aromatic N) is 3. The van der Waals surface area contributed by atoms with Crippen molar-refractivity contribution >= 4 is 19.5 Å². The quantitative estimate of drug-likeness (QED) is 0.229. The lowest BCUT2D eigenvalue weighted by molar-refractivity contribution is -0.148. The zero-order valence-corrected chi connectivity index (χ0v) is 18.0. The van der Waals surface area contributed by atoms with Gasteiger partial charge in [0, 0.05) is 31.6 Å². The van der Waals surface area contributed by atoms with Gasteiger partial charge in [-0.2, -0.15) is 13.2 Å². The zero-order valence-electron chi connectivity index (χ0n) is 17.1. The minimum atomic E-state index is -4.67. The van der Waals surface area contributed by atoms with Crippen LogP contribution in [0.2, 0.25) is 0 Å². The average Bonchev–Trinajstić information content (AvgIpc) is 3.01. The molecule has 0 bridgehead atoms. The Bertz CT molecular complexity index is 1100. The van der Waals surface area contributed by atoms with E-state index in [1.54, 1.807) is 0 Å². The van der Waals surface area contributed by atoms with E-state index >= 15 is 0 Å². The summed E-state index contributed by atoms with van der Waals surface area (Å²) >= 11 is 0. The van der Waals surface area contributed by atoms with E-state index in [0.717, 1.165) is 4.57 Å². The number of nitrogens with two attached hydrogens (primary N) is 2. The van der Waals surface area contributed by atoms with Crippen LogP contribution >= 0.6 is 7.82 Å². The van der Waals surface area contributed by atoms with E-state index in [9.17, 15) is 31.1 Å². The molecule has 2 aromatic rings. The number of carbonyl (C=O) groups excluding carboxylic acids is 1. The van der Waals surface area contributed by atoms with E-state index in [1.165, 1.54) is 4.90 Å². The third-order valence-electron chi connectivity index (χ3n) is 4.65. The monoisotopic (exact) mass is 519 g/mol. The maximum absolute atomic E-state index is 13.7. The summed E-state index contributed by atoms with van der Waals surface area (Å²) in [5.74, 6) is -5.48. The zero-order chi connectivity index (χ0) is 26.0. The number of amides is 1. The number of fused-ring (bicyclic) bond motifs is 1. The van der Waals surface area contributed by atoms with E-state index < -0.39 is 49.2 Å². The first-order valence-electron chi connectivity index (χ1n) is 9.34. The molecule has 7 N–H and O–H groups in total. The second-order valence-electron chi connectivity index (χ2n) is 7.27. The number of rotatable bonds is 4. The fourth-order valence-electron chi connectivity index (χ4n) is 3.25. The second-order valence-corrected chi connectivity index (χ2v) is 8.30. The van der Waals surface area contributed by atoms with Crippen molar-refractivity contribution in [2.45, 2.75) is 38.1 Å². The molecule has 0 unspecified atom stereocenters. The minimum Gasteiger partial charge on any atom is -0.382 e. The van der Waals surface area contributed by atoms with Crippen molar-refractivity contribution < 1.29 is 50.4 Å². The first-order valence-corrected chi connectivity index (χ1v) is 10.9. The van der Waals surface area contributed by atoms with Gasteiger partial charge < -0.3 is 35.6 Å². The number of alkyl halides is 3. The van der Waals surface area contributed by atoms with Crippen LogP contribution in [0.4, 0.5) is 32.2 Å². The maximum Gasteiger partial charge on any atom is 0.466 e. The number of imidazole rings is 1. The normalized spacial score (nSPS) is 14.8. The summed E-state index contributed by atoms with van der Waals surface area (Å²) in [4.78, 5) is 38.6. The van der Waals surface area contributed by atoms with Crippen molar-refractivity contribution in [1.29, 1.82) is 0 Å². The molecular weight excluding hydrogens is 499 g/mol. The van der Waals surface area contributed by atoms with Gasteiger partial charge in [0.1, 0.15) is 11.6 Å². The van der Waals surface area contributed by atoms with Gasteiger partial charge in [-0.1, -0.05) is 0 Å². The molecule has 1 amide bonds. The van der Waals surface area contributed by atoms with Crippen LogP contribution in [0.5, 0.6) is 0 Å². The predicted molar refractivity (Wildman–Crippen MR) is 104 cm³/mol. The lowest BCUT2D eigenvalue weighted by atomic mass is 10.0. The molecular formula is C17H20F6N5O5P. The minimum absolute atomic E-state index is 0.0169. The Kier molecular flexibility index (Phi) is 8.37. The molecule has 0 aliphatic carbocycles. The molecule has 190 valence electrons. The highest BCUT2D eigenvalue weighted by Gasteiger charge is 2.40. The highest BCUT2D eigenvalue weighted by molar-refractivity contribution is 7.45. The van der Waals surface area contributed by atoms with Gasteiger partial charge in [-0.15, -0.1) is 0 Å². The van der Waals surface area contributed by atoms with Crippen LogP contribution in [-0.4, -0.2) is 47.6 Å². The number of carbonyl (C=O) groups is 1. The van der Waals surface area contributed by atoms with Crippen LogP contribution in [0.1, 0.15) is 23.5 Å². The Hall–Kier alpha value is -2.65. The van der Waals surface area contributed by atoms with Crippen LogP contribution < -0.4 is 11.5 Å². The Morgan fingerprint density at radius 1 is 1.12 bits per heavy atom. The third kappa shape index (κ3) is 7.43. The molecule has 0 fully saturated rings. The molecule has 0 saturated carbocycles. The summed E-state index contributed by atoms with van der Waals surface area (Å²) in [5.41, 5.74) is 11.3. The van der Waals surface area contributed by atoms with Gasteiger partial charge >= 0.3 is 14.0 Å². The molecule has 2 heterocycles. The first kappa shape index (κ1) is 27.6. The van der Waals surface area contributed by atoms with Gasteiger partial charge in [0.05, 0.1) is 12.2 Å². The maximum atomic E-state index is 13.7. The fraction of sp³-hybridized carbons (Fsp3) is 0.412.